The molecule has 0 fully saturated rings. The molecule has 0 bridgehead atoms. The number of rotatable bonds is 5. The van der Waals surface area contributed by atoms with Crippen LogP contribution in [-0.2, 0) is 0 Å². The van der Waals surface area contributed by atoms with Crippen LogP contribution in [0.25, 0.3) is 0 Å². The first kappa shape index (κ1) is 10.7. The van der Waals surface area contributed by atoms with Crippen molar-refractivity contribution in [2.24, 2.45) is 5.92 Å². The summed E-state index contributed by atoms with van der Waals surface area (Å²) in [6, 6.07) is 0. The van der Waals surface area contributed by atoms with Gasteiger partial charge in [-0.3, -0.25) is 0 Å². The molecule has 0 radical (unpaired) electrons. The molecule has 11 heavy (non-hydrogen) atoms. The summed E-state index contributed by atoms with van der Waals surface area (Å²) >= 11 is 0. The second kappa shape index (κ2) is 5.34. The van der Waals surface area contributed by atoms with Crippen molar-refractivity contribution in [3.05, 3.63) is 12.2 Å². The van der Waals surface area contributed by atoms with Crippen molar-refractivity contribution >= 4 is 0 Å². The number of halogens is 1. The van der Waals surface area contributed by atoms with Crippen LogP contribution in [0.15, 0.2) is 12.2 Å². The number of alkyl halides is 1. The van der Waals surface area contributed by atoms with Gasteiger partial charge in [0.05, 0.1) is 0 Å². The lowest BCUT2D eigenvalue weighted by Gasteiger charge is -2.14. The van der Waals surface area contributed by atoms with E-state index in [-0.39, 0.29) is 0 Å². The predicted molar refractivity (Wildman–Crippen MR) is 48.4 cm³/mol. The summed E-state index contributed by atoms with van der Waals surface area (Å²) in [5, 5.41) is 0. The zero-order chi connectivity index (χ0) is 8.85. The summed E-state index contributed by atoms with van der Waals surface area (Å²) in [5.41, 5.74) is 0.749. The molecule has 2 unspecified atom stereocenters. The van der Waals surface area contributed by atoms with Crippen LogP contribution < -0.4 is 0 Å². The quantitative estimate of drug-likeness (QED) is 0.535. The molecule has 0 aromatic rings. The molecular formula is C10H19F. The van der Waals surface area contributed by atoms with Crippen LogP contribution in [0.2, 0.25) is 0 Å². The summed E-state index contributed by atoms with van der Waals surface area (Å²) in [6.45, 7) is 9.49. The molecule has 2 atom stereocenters. The van der Waals surface area contributed by atoms with E-state index < -0.39 is 6.17 Å². The molecule has 0 spiro atoms. The van der Waals surface area contributed by atoms with E-state index in [1.54, 1.807) is 6.92 Å². The second-order valence-corrected chi connectivity index (χ2v) is 3.23. The lowest BCUT2D eigenvalue weighted by molar-refractivity contribution is 0.373. The standard InChI is InChI=1S/C10H19F/c1-5-6-7-8(2)9(3)10(4)11/h8,10H,3,5-7H2,1-2,4H3. The molecule has 0 amide bonds. The average molecular weight is 158 g/mol. The molecule has 0 aliphatic carbocycles. The zero-order valence-electron chi connectivity index (χ0n) is 7.86. The highest BCUT2D eigenvalue weighted by atomic mass is 19.1. The van der Waals surface area contributed by atoms with Gasteiger partial charge in [0.25, 0.3) is 0 Å². The average Bonchev–Trinajstić information content (AvgIpc) is 1.98. The molecule has 0 N–H and O–H groups in total. The van der Waals surface area contributed by atoms with E-state index in [1.165, 1.54) is 12.8 Å². The zero-order valence-corrected chi connectivity index (χ0v) is 7.86. The fraction of sp³-hybridized carbons (Fsp3) is 0.800. The van der Waals surface area contributed by atoms with Gasteiger partial charge < -0.3 is 0 Å². The normalized spacial score (nSPS) is 16.0. The van der Waals surface area contributed by atoms with Gasteiger partial charge in [0.1, 0.15) is 6.17 Å². The molecule has 66 valence electrons. The summed E-state index contributed by atoms with van der Waals surface area (Å²) in [6.07, 6.45) is 2.58. The molecular weight excluding hydrogens is 139 g/mol. The third kappa shape index (κ3) is 4.18. The van der Waals surface area contributed by atoms with Gasteiger partial charge in [-0.15, -0.1) is 0 Å². The maximum absolute atomic E-state index is 12.7. The van der Waals surface area contributed by atoms with Crippen molar-refractivity contribution in [3.8, 4) is 0 Å². The van der Waals surface area contributed by atoms with Crippen LogP contribution >= 0.6 is 0 Å². The maximum Gasteiger partial charge on any atom is 0.118 e. The minimum Gasteiger partial charge on any atom is -0.243 e. The largest absolute Gasteiger partial charge is 0.243 e. The third-order valence-corrected chi connectivity index (χ3v) is 2.13. The Labute approximate surface area is 69.5 Å². The Balaban J connectivity index is 3.64. The number of hydrogen-bond donors (Lipinski definition) is 0. The Morgan fingerprint density at radius 2 is 2.00 bits per heavy atom. The van der Waals surface area contributed by atoms with Gasteiger partial charge in [-0.25, -0.2) is 4.39 Å². The predicted octanol–water partition coefficient (Wildman–Crippen LogP) is 3.73. The molecule has 0 aromatic heterocycles. The lowest BCUT2D eigenvalue weighted by Crippen LogP contribution is -2.07. The van der Waals surface area contributed by atoms with Gasteiger partial charge in [0.2, 0.25) is 0 Å². The fourth-order valence-corrected chi connectivity index (χ4v) is 1.09. The van der Waals surface area contributed by atoms with Crippen molar-refractivity contribution in [1.29, 1.82) is 0 Å². The Bertz CT molecular complexity index is 116. The molecule has 0 aliphatic rings. The van der Waals surface area contributed by atoms with E-state index in [2.05, 4.69) is 13.5 Å². The summed E-state index contributed by atoms with van der Waals surface area (Å²) in [7, 11) is 0. The van der Waals surface area contributed by atoms with Crippen LogP contribution in [0.1, 0.15) is 40.0 Å². The maximum atomic E-state index is 12.7. The van der Waals surface area contributed by atoms with E-state index in [0.29, 0.717) is 5.92 Å². The number of hydrogen-bond acceptors (Lipinski definition) is 0. The molecule has 0 aromatic carbocycles. The highest BCUT2D eigenvalue weighted by Crippen LogP contribution is 2.20. The van der Waals surface area contributed by atoms with Crippen LogP contribution in [-0.4, -0.2) is 6.17 Å². The van der Waals surface area contributed by atoms with Crippen molar-refractivity contribution < 1.29 is 4.39 Å². The van der Waals surface area contributed by atoms with E-state index in [4.69, 9.17) is 0 Å². The molecule has 0 heterocycles. The lowest BCUT2D eigenvalue weighted by atomic mass is 9.94. The highest BCUT2D eigenvalue weighted by molar-refractivity contribution is 5.04. The van der Waals surface area contributed by atoms with Crippen molar-refractivity contribution in [2.45, 2.75) is 46.2 Å². The van der Waals surface area contributed by atoms with E-state index >= 15 is 0 Å². The number of allylic oxidation sites excluding steroid dienone is 1. The molecule has 0 aliphatic heterocycles. The van der Waals surface area contributed by atoms with E-state index in [1.807, 2.05) is 6.92 Å². The smallest absolute Gasteiger partial charge is 0.118 e. The molecule has 0 saturated heterocycles. The van der Waals surface area contributed by atoms with Crippen LogP contribution in [0, 0.1) is 5.92 Å². The van der Waals surface area contributed by atoms with Gasteiger partial charge in [-0.2, -0.15) is 0 Å². The third-order valence-electron chi connectivity index (χ3n) is 2.13. The first-order valence-corrected chi connectivity index (χ1v) is 4.42. The monoisotopic (exact) mass is 158 g/mol. The SMILES string of the molecule is C=C(C(C)F)C(C)CCCC. The van der Waals surface area contributed by atoms with Crippen molar-refractivity contribution in [1.82, 2.24) is 0 Å². The van der Waals surface area contributed by atoms with Gasteiger partial charge in [0.15, 0.2) is 0 Å². The first-order chi connectivity index (χ1) is 5.09. The van der Waals surface area contributed by atoms with Crippen LogP contribution in [0.4, 0.5) is 4.39 Å². The van der Waals surface area contributed by atoms with E-state index in [9.17, 15) is 4.39 Å². The second-order valence-electron chi connectivity index (χ2n) is 3.23. The Morgan fingerprint density at radius 3 is 2.36 bits per heavy atom. The van der Waals surface area contributed by atoms with E-state index in [0.717, 1.165) is 12.0 Å². The Morgan fingerprint density at radius 1 is 1.45 bits per heavy atom. The van der Waals surface area contributed by atoms with Crippen molar-refractivity contribution in [3.63, 3.8) is 0 Å². The van der Waals surface area contributed by atoms with Gasteiger partial charge in [0, 0.05) is 0 Å². The first-order valence-electron chi connectivity index (χ1n) is 4.42. The summed E-state index contributed by atoms with van der Waals surface area (Å²) in [4.78, 5) is 0. The van der Waals surface area contributed by atoms with Crippen molar-refractivity contribution in [2.75, 3.05) is 0 Å². The van der Waals surface area contributed by atoms with Gasteiger partial charge >= 0.3 is 0 Å². The van der Waals surface area contributed by atoms with Crippen LogP contribution in [0.3, 0.4) is 0 Å². The van der Waals surface area contributed by atoms with Gasteiger partial charge in [-0.1, -0.05) is 33.3 Å². The Kier molecular flexibility index (Phi) is 5.18. The topological polar surface area (TPSA) is 0 Å². The minimum absolute atomic E-state index is 0.343. The summed E-state index contributed by atoms with van der Waals surface area (Å²) in [5.74, 6) is 0.343. The molecule has 0 rings (SSSR count). The molecule has 0 nitrogen and oxygen atoms in total. The summed E-state index contributed by atoms with van der Waals surface area (Å²) < 4.78 is 12.7. The van der Waals surface area contributed by atoms with Crippen LogP contribution in [0.5, 0.6) is 0 Å². The van der Waals surface area contributed by atoms with Gasteiger partial charge in [-0.05, 0) is 24.8 Å². The Hall–Kier alpha value is -0.330. The molecule has 1 heteroatoms. The number of unbranched alkanes of at least 4 members (excludes halogenated alkanes) is 1. The fourth-order valence-electron chi connectivity index (χ4n) is 1.09. The minimum atomic E-state index is -0.846. The highest BCUT2D eigenvalue weighted by Gasteiger charge is 2.11. The molecule has 0 saturated carbocycles.